The molecule has 134 valence electrons. The van der Waals surface area contributed by atoms with Crippen molar-refractivity contribution in [2.75, 3.05) is 6.54 Å². The van der Waals surface area contributed by atoms with Gasteiger partial charge in [-0.05, 0) is 39.8 Å². The minimum atomic E-state index is -0.950. The highest BCUT2D eigenvalue weighted by Gasteiger charge is 2.35. The predicted octanol–water partition coefficient (Wildman–Crippen LogP) is 1.52. The number of hydrogen-bond acceptors (Lipinski definition) is 5. The van der Waals surface area contributed by atoms with E-state index in [0.29, 0.717) is 11.1 Å². The Labute approximate surface area is 146 Å². The fourth-order valence-electron chi connectivity index (χ4n) is 2.43. The smallest absolute Gasteiger partial charge is 0.308 e. The SMILES string of the molecule is CC(OC(=O)CCN1C(=O)c2ccccc2C1=O)C(=O)NC(C)(C)C. The van der Waals surface area contributed by atoms with Gasteiger partial charge < -0.3 is 10.1 Å². The second-order valence-electron chi connectivity index (χ2n) is 6.93. The molecule has 0 aromatic heterocycles. The van der Waals surface area contributed by atoms with E-state index >= 15 is 0 Å². The molecule has 1 unspecified atom stereocenters. The Morgan fingerprint density at radius 2 is 1.64 bits per heavy atom. The summed E-state index contributed by atoms with van der Waals surface area (Å²) in [5.41, 5.74) is 0.232. The molecule has 1 aliphatic heterocycles. The Bertz CT molecular complexity index is 685. The summed E-state index contributed by atoms with van der Waals surface area (Å²) >= 11 is 0. The van der Waals surface area contributed by atoms with Gasteiger partial charge in [-0.1, -0.05) is 12.1 Å². The Hall–Kier alpha value is -2.70. The largest absolute Gasteiger partial charge is 0.452 e. The second-order valence-corrected chi connectivity index (χ2v) is 6.93. The van der Waals surface area contributed by atoms with E-state index in [1.807, 2.05) is 20.8 Å². The molecule has 0 spiro atoms. The lowest BCUT2D eigenvalue weighted by Crippen LogP contribution is -2.46. The third kappa shape index (κ3) is 4.43. The number of hydrogen-bond donors (Lipinski definition) is 1. The minimum Gasteiger partial charge on any atom is -0.452 e. The minimum absolute atomic E-state index is 0.0845. The third-order valence-corrected chi connectivity index (χ3v) is 3.59. The van der Waals surface area contributed by atoms with Gasteiger partial charge in [0.25, 0.3) is 17.7 Å². The molecular weight excluding hydrogens is 324 g/mol. The molecule has 0 saturated heterocycles. The first-order valence-electron chi connectivity index (χ1n) is 8.07. The van der Waals surface area contributed by atoms with E-state index in [1.54, 1.807) is 24.3 Å². The number of fused-ring (bicyclic) bond motifs is 1. The number of carbonyl (C=O) groups excluding carboxylic acids is 4. The Morgan fingerprint density at radius 1 is 1.12 bits per heavy atom. The Morgan fingerprint density at radius 3 is 2.12 bits per heavy atom. The molecule has 7 nitrogen and oxygen atoms in total. The van der Waals surface area contributed by atoms with Crippen LogP contribution in [-0.4, -0.2) is 46.8 Å². The van der Waals surface area contributed by atoms with Crippen molar-refractivity contribution in [2.24, 2.45) is 0 Å². The van der Waals surface area contributed by atoms with Crippen LogP contribution in [0.3, 0.4) is 0 Å². The highest BCUT2D eigenvalue weighted by molar-refractivity contribution is 6.21. The van der Waals surface area contributed by atoms with Gasteiger partial charge in [0.1, 0.15) is 0 Å². The molecule has 1 aliphatic rings. The molecule has 1 aromatic carbocycles. The second kappa shape index (κ2) is 7.04. The van der Waals surface area contributed by atoms with E-state index in [4.69, 9.17) is 4.74 Å². The number of ether oxygens (including phenoxy) is 1. The number of imide groups is 1. The molecule has 1 atom stereocenters. The molecule has 25 heavy (non-hydrogen) atoms. The van der Waals surface area contributed by atoms with E-state index in [9.17, 15) is 19.2 Å². The van der Waals surface area contributed by atoms with Gasteiger partial charge >= 0.3 is 5.97 Å². The van der Waals surface area contributed by atoms with Crippen LogP contribution >= 0.6 is 0 Å². The van der Waals surface area contributed by atoms with Crippen LogP contribution in [0.4, 0.5) is 0 Å². The summed E-state index contributed by atoms with van der Waals surface area (Å²) in [5.74, 6) is -1.89. The van der Waals surface area contributed by atoms with E-state index < -0.39 is 35.3 Å². The fraction of sp³-hybridized carbons (Fsp3) is 0.444. The molecule has 0 fully saturated rings. The topological polar surface area (TPSA) is 92.8 Å². The highest BCUT2D eigenvalue weighted by atomic mass is 16.5. The quantitative estimate of drug-likeness (QED) is 0.644. The average Bonchev–Trinajstić information content (AvgIpc) is 2.75. The molecule has 1 N–H and O–H groups in total. The lowest BCUT2D eigenvalue weighted by molar-refractivity contribution is -0.155. The van der Waals surface area contributed by atoms with E-state index in [0.717, 1.165) is 4.90 Å². The Balaban J connectivity index is 1.88. The van der Waals surface area contributed by atoms with Crippen LogP contribution in [0.1, 0.15) is 54.8 Å². The van der Waals surface area contributed by atoms with Gasteiger partial charge in [-0.3, -0.25) is 24.1 Å². The van der Waals surface area contributed by atoms with Crippen LogP contribution in [0.2, 0.25) is 0 Å². The van der Waals surface area contributed by atoms with Crippen molar-refractivity contribution in [1.29, 1.82) is 0 Å². The number of amides is 3. The van der Waals surface area contributed by atoms with Crippen LogP contribution < -0.4 is 5.32 Å². The number of nitrogens with one attached hydrogen (secondary N) is 1. The summed E-state index contributed by atoms with van der Waals surface area (Å²) in [7, 11) is 0. The molecule has 3 amide bonds. The van der Waals surface area contributed by atoms with Gasteiger partial charge in [-0.15, -0.1) is 0 Å². The molecule has 1 aromatic rings. The van der Waals surface area contributed by atoms with E-state index in [-0.39, 0.29) is 13.0 Å². The summed E-state index contributed by atoms with van der Waals surface area (Å²) in [6.45, 7) is 6.85. The van der Waals surface area contributed by atoms with Crippen molar-refractivity contribution >= 4 is 23.7 Å². The van der Waals surface area contributed by atoms with E-state index in [1.165, 1.54) is 6.92 Å². The molecule has 0 saturated carbocycles. The first kappa shape index (κ1) is 18.6. The normalized spacial score (nSPS) is 15.0. The zero-order valence-electron chi connectivity index (χ0n) is 14.8. The van der Waals surface area contributed by atoms with Crippen molar-refractivity contribution < 1.29 is 23.9 Å². The molecule has 1 heterocycles. The van der Waals surface area contributed by atoms with Crippen molar-refractivity contribution in [1.82, 2.24) is 10.2 Å². The molecule has 0 bridgehead atoms. The summed E-state index contributed by atoms with van der Waals surface area (Å²) in [6.07, 6.45) is -1.12. The van der Waals surface area contributed by atoms with Crippen molar-refractivity contribution in [3.63, 3.8) is 0 Å². The molecule has 7 heteroatoms. The zero-order chi connectivity index (χ0) is 18.8. The number of rotatable bonds is 5. The van der Waals surface area contributed by atoms with Gasteiger partial charge in [0.2, 0.25) is 0 Å². The van der Waals surface area contributed by atoms with Crippen molar-refractivity contribution in [3.05, 3.63) is 35.4 Å². The van der Waals surface area contributed by atoms with Crippen LogP contribution in [0, 0.1) is 0 Å². The maximum absolute atomic E-state index is 12.2. The summed E-state index contributed by atoms with van der Waals surface area (Å²) < 4.78 is 5.07. The molecule has 2 rings (SSSR count). The zero-order valence-corrected chi connectivity index (χ0v) is 14.8. The summed E-state index contributed by atoms with van der Waals surface area (Å²) in [4.78, 5) is 49.2. The first-order valence-corrected chi connectivity index (χ1v) is 8.07. The van der Waals surface area contributed by atoms with Gasteiger partial charge in [0, 0.05) is 12.1 Å². The summed E-state index contributed by atoms with van der Waals surface area (Å²) in [5, 5.41) is 2.71. The lowest BCUT2D eigenvalue weighted by atomic mass is 10.1. The van der Waals surface area contributed by atoms with Gasteiger partial charge in [-0.25, -0.2) is 0 Å². The fourth-order valence-corrected chi connectivity index (χ4v) is 2.43. The van der Waals surface area contributed by atoms with Crippen LogP contribution in [0.15, 0.2) is 24.3 Å². The van der Waals surface area contributed by atoms with Gasteiger partial charge in [-0.2, -0.15) is 0 Å². The van der Waals surface area contributed by atoms with Crippen molar-refractivity contribution in [2.45, 2.75) is 45.8 Å². The maximum Gasteiger partial charge on any atom is 0.308 e. The average molecular weight is 346 g/mol. The Kier molecular flexibility index (Phi) is 5.25. The first-order chi connectivity index (χ1) is 11.6. The van der Waals surface area contributed by atoms with Gasteiger partial charge in [0.15, 0.2) is 6.10 Å². The molecule has 0 radical (unpaired) electrons. The molecular formula is C18H22N2O5. The van der Waals surface area contributed by atoms with Crippen molar-refractivity contribution in [3.8, 4) is 0 Å². The molecule has 0 aliphatic carbocycles. The highest BCUT2D eigenvalue weighted by Crippen LogP contribution is 2.22. The number of nitrogens with zero attached hydrogens (tertiary/aromatic N) is 1. The summed E-state index contributed by atoms with van der Waals surface area (Å²) in [6, 6.07) is 6.51. The third-order valence-electron chi connectivity index (χ3n) is 3.59. The predicted molar refractivity (Wildman–Crippen MR) is 89.9 cm³/mol. The number of esters is 1. The van der Waals surface area contributed by atoms with E-state index in [2.05, 4.69) is 5.32 Å². The van der Waals surface area contributed by atoms with Gasteiger partial charge in [0.05, 0.1) is 17.5 Å². The monoisotopic (exact) mass is 346 g/mol. The number of carbonyl (C=O) groups is 4. The number of benzene rings is 1. The lowest BCUT2D eigenvalue weighted by Gasteiger charge is -2.23. The maximum atomic E-state index is 12.2. The van der Waals surface area contributed by atoms with Crippen LogP contribution in [-0.2, 0) is 14.3 Å². The standard InChI is InChI=1S/C18H22N2O5/c1-11(15(22)19-18(2,3)4)25-14(21)9-10-20-16(23)12-7-5-6-8-13(12)17(20)24/h5-8,11H,9-10H2,1-4H3,(H,19,22). The van der Waals surface area contributed by atoms with Crippen LogP contribution in [0.25, 0.3) is 0 Å². The van der Waals surface area contributed by atoms with Crippen LogP contribution in [0.5, 0.6) is 0 Å².